The van der Waals surface area contributed by atoms with E-state index in [-0.39, 0.29) is 0 Å². The number of ether oxygens (including phenoxy) is 1. The Morgan fingerprint density at radius 2 is 1.87 bits per heavy atom. The van der Waals surface area contributed by atoms with Gasteiger partial charge in [0.15, 0.2) is 0 Å². The van der Waals surface area contributed by atoms with Gasteiger partial charge in [0, 0.05) is 12.8 Å². The van der Waals surface area contributed by atoms with Crippen molar-refractivity contribution < 1.29 is 18.5 Å². The van der Waals surface area contributed by atoms with Crippen molar-refractivity contribution in [3.05, 3.63) is 51.9 Å². The smallest absolute Gasteiger partial charge is 0.443 e. The first-order valence-electron chi connectivity index (χ1n) is 7.36. The lowest BCUT2D eigenvalue weighted by Gasteiger charge is -2.24. The summed E-state index contributed by atoms with van der Waals surface area (Å²) in [5, 5.41) is 3.52. The summed E-state index contributed by atoms with van der Waals surface area (Å²) in [6, 6.07) is 8.04. The molecule has 7 nitrogen and oxygen atoms in total. The third-order valence-corrected chi connectivity index (χ3v) is 3.31. The molecule has 0 saturated heterocycles. The fourth-order valence-electron chi connectivity index (χ4n) is 2.39. The van der Waals surface area contributed by atoms with Gasteiger partial charge in [-0.25, -0.2) is 9.59 Å². The predicted molar refractivity (Wildman–Crippen MR) is 82.0 cm³/mol. The van der Waals surface area contributed by atoms with Gasteiger partial charge in [0.2, 0.25) is 5.89 Å². The molecule has 0 fully saturated rings. The number of nitrogens with two attached hydrogens (primary N) is 1. The number of hydrogen-bond acceptors (Lipinski definition) is 6. The fraction of sp³-hybridized carbons (Fsp3) is 0.438. The molecular formula is C16H20N2O5. The molecule has 23 heavy (non-hydrogen) atoms. The molecule has 0 saturated carbocycles. The molecule has 7 heteroatoms. The first kappa shape index (κ1) is 16.8. The Bertz CT molecular complexity index is 700. The second kappa shape index (κ2) is 7.13. The number of rotatable bonds is 7. The van der Waals surface area contributed by atoms with Gasteiger partial charge in [-0.05, 0) is 43.0 Å². The van der Waals surface area contributed by atoms with Gasteiger partial charge in [-0.2, -0.15) is 0 Å². The van der Waals surface area contributed by atoms with Crippen LogP contribution in [0.15, 0.2) is 38.0 Å². The highest BCUT2D eigenvalue weighted by Crippen LogP contribution is 2.18. The quantitative estimate of drug-likeness (QED) is 0.838. The minimum absolute atomic E-state index is 0.317. The minimum atomic E-state index is -0.773. The van der Waals surface area contributed by atoms with Gasteiger partial charge in [-0.1, -0.05) is 24.3 Å². The molecule has 2 N–H and O–H groups in total. The zero-order chi connectivity index (χ0) is 16.9. The lowest BCUT2D eigenvalue weighted by molar-refractivity contribution is 0.0460. The predicted octanol–water partition coefficient (Wildman–Crippen LogP) is 2.22. The molecule has 2 aromatic rings. The summed E-state index contributed by atoms with van der Waals surface area (Å²) in [6.45, 7) is 3.63. The van der Waals surface area contributed by atoms with Crippen LogP contribution in [-0.2, 0) is 24.0 Å². The maximum absolute atomic E-state index is 10.9. The van der Waals surface area contributed by atoms with Crippen LogP contribution < -0.4 is 11.6 Å². The lowest BCUT2D eigenvalue weighted by atomic mass is 9.97. The average Bonchev–Trinajstić information content (AvgIpc) is 2.84. The number of carbonyl (C=O) groups excluding carboxylic acids is 1. The molecule has 0 aliphatic carbocycles. The lowest BCUT2D eigenvalue weighted by Crippen LogP contribution is -2.33. The van der Waals surface area contributed by atoms with E-state index >= 15 is 0 Å². The molecule has 0 bridgehead atoms. The summed E-state index contributed by atoms with van der Waals surface area (Å²) >= 11 is 0. The maximum atomic E-state index is 10.9. The molecule has 0 radical (unpaired) electrons. The van der Waals surface area contributed by atoms with Gasteiger partial charge in [0.1, 0.15) is 5.60 Å². The van der Waals surface area contributed by atoms with Crippen molar-refractivity contribution in [2.75, 3.05) is 0 Å². The van der Waals surface area contributed by atoms with Crippen LogP contribution in [0.25, 0.3) is 0 Å². The standard InChI is InChI=1S/C16H20N2O5/c1-16(2,22-14(17)19)10-12-8-6-11(7-9-12)4-3-5-13-18-23-15(20)21-13/h6-9H,3-5,10H2,1-2H3,(H2,17,19). The van der Waals surface area contributed by atoms with Crippen LogP contribution in [0.3, 0.4) is 0 Å². The molecule has 1 aromatic carbocycles. The molecule has 2 rings (SSSR count). The number of hydrogen-bond donors (Lipinski definition) is 1. The number of aromatic nitrogens is 1. The number of nitrogens with zero attached hydrogens (tertiary/aromatic N) is 1. The number of amides is 1. The first-order chi connectivity index (χ1) is 10.8. The van der Waals surface area contributed by atoms with Crippen LogP contribution in [0.5, 0.6) is 0 Å². The molecule has 0 unspecified atom stereocenters. The van der Waals surface area contributed by atoms with E-state index in [1.165, 1.54) is 0 Å². The topological polar surface area (TPSA) is 109 Å². The van der Waals surface area contributed by atoms with Crippen LogP contribution in [0, 0.1) is 0 Å². The summed E-state index contributed by atoms with van der Waals surface area (Å²) < 4.78 is 14.2. The van der Waals surface area contributed by atoms with Gasteiger partial charge in [-0.3, -0.25) is 4.52 Å². The highest BCUT2D eigenvalue weighted by molar-refractivity contribution is 5.65. The highest BCUT2D eigenvalue weighted by atomic mass is 16.6. The number of primary amides is 1. The van der Waals surface area contributed by atoms with E-state index in [1.54, 1.807) is 0 Å². The van der Waals surface area contributed by atoms with Crippen LogP contribution >= 0.6 is 0 Å². The molecule has 124 valence electrons. The van der Waals surface area contributed by atoms with Crippen LogP contribution in [0.1, 0.15) is 37.3 Å². The Labute approximate surface area is 133 Å². The van der Waals surface area contributed by atoms with Crippen molar-refractivity contribution in [3.8, 4) is 0 Å². The van der Waals surface area contributed by atoms with Gasteiger partial charge in [0.25, 0.3) is 0 Å². The number of carbonyl (C=O) groups is 1. The summed E-state index contributed by atoms with van der Waals surface area (Å²) in [7, 11) is 0. The third-order valence-electron chi connectivity index (χ3n) is 3.31. The second-order valence-corrected chi connectivity index (χ2v) is 5.96. The molecular weight excluding hydrogens is 300 g/mol. The molecule has 0 aliphatic heterocycles. The first-order valence-corrected chi connectivity index (χ1v) is 7.36. The van der Waals surface area contributed by atoms with Crippen LogP contribution in [0.4, 0.5) is 4.79 Å². The van der Waals surface area contributed by atoms with Gasteiger partial charge >= 0.3 is 11.9 Å². The van der Waals surface area contributed by atoms with E-state index in [4.69, 9.17) is 14.9 Å². The summed E-state index contributed by atoms with van der Waals surface area (Å²) in [5.74, 6) is -0.456. The summed E-state index contributed by atoms with van der Waals surface area (Å²) in [4.78, 5) is 21.6. The molecule has 1 heterocycles. The zero-order valence-corrected chi connectivity index (χ0v) is 13.2. The highest BCUT2D eigenvalue weighted by Gasteiger charge is 2.22. The van der Waals surface area contributed by atoms with E-state index in [0.717, 1.165) is 24.0 Å². The molecule has 1 amide bonds. The third kappa shape index (κ3) is 5.61. The van der Waals surface area contributed by atoms with Crippen LogP contribution in [0.2, 0.25) is 0 Å². The van der Waals surface area contributed by atoms with E-state index in [2.05, 4.69) is 9.68 Å². The normalized spacial score (nSPS) is 11.4. The Balaban J connectivity index is 1.84. The van der Waals surface area contributed by atoms with E-state index < -0.39 is 17.5 Å². The minimum Gasteiger partial charge on any atom is -0.443 e. The monoisotopic (exact) mass is 320 g/mol. The van der Waals surface area contributed by atoms with Gasteiger partial charge in [0.05, 0.1) is 0 Å². The van der Waals surface area contributed by atoms with Gasteiger partial charge < -0.3 is 14.9 Å². The van der Waals surface area contributed by atoms with Crippen molar-refractivity contribution in [3.63, 3.8) is 0 Å². The van der Waals surface area contributed by atoms with Crippen LogP contribution in [-0.4, -0.2) is 16.9 Å². The van der Waals surface area contributed by atoms with Crippen molar-refractivity contribution in [1.82, 2.24) is 5.16 Å². The Morgan fingerprint density at radius 1 is 1.22 bits per heavy atom. The largest absolute Gasteiger partial charge is 0.542 e. The molecule has 1 aromatic heterocycles. The summed E-state index contributed by atoms with van der Waals surface area (Å²) in [6.07, 6.45) is 1.99. The SMILES string of the molecule is CC(C)(Cc1ccc(CCCc2noc(=O)o2)cc1)OC(N)=O. The Hall–Kier alpha value is -2.57. The Morgan fingerprint density at radius 3 is 2.43 bits per heavy atom. The number of aryl methyl sites for hydroxylation is 2. The Kier molecular flexibility index (Phi) is 5.20. The molecule has 0 spiro atoms. The van der Waals surface area contributed by atoms with Gasteiger partial charge in [-0.15, -0.1) is 0 Å². The van der Waals surface area contributed by atoms with Crippen molar-refractivity contribution >= 4 is 6.09 Å². The second-order valence-electron chi connectivity index (χ2n) is 5.96. The molecule has 0 atom stereocenters. The zero-order valence-electron chi connectivity index (χ0n) is 13.2. The number of benzene rings is 1. The van der Waals surface area contributed by atoms with Crippen molar-refractivity contribution in [2.45, 2.75) is 45.1 Å². The molecule has 0 aliphatic rings. The van der Waals surface area contributed by atoms with E-state index in [9.17, 15) is 9.59 Å². The van der Waals surface area contributed by atoms with E-state index in [0.29, 0.717) is 18.7 Å². The average molecular weight is 320 g/mol. The fourth-order valence-corrected chi connectivity index (χ4v) is 2.39. The summed E-state index contributed by atoms with van der Waals surface area (Å²) in [5.41, 5.74) is 6.64. The maximum Gasteiger partial charge on any atom is 0.542 e. The van der Waals surface area contributed by atoms with E-state index in [1.807, 2.05) is 38.1 Å². The van der Waals surface area contributed by atoms with Crippen molar-refractivity contribution in [1.29, 1.82) is 0 Å². The van der Waals surface area contributed by atoms with Crippen molar-refractivity contribution in [2.24, 2.45) is 5.73 Å².